The summed E-state index contributed by atoms with van der Waals surface area (Å²) in [5.41, 5.74) is 0.961. The molecule has 1 aromatic rings. The number of amides is 1. The molecule has 0 heterocycles. The molecule has 0 aromatic heterocycles. The lowest BCUT2D eigenvalue weighted by atomic mass is 10.2. The number of nitrogens with zero attached hydrogens (tertiary/aromatic N) is 1. The molecule has 0 saturated carbocycles. The molecule has 1 rings (SSSR count). The van der Waals surface area contributed by atoms with E-state index in [1.54, 1.807) is 7.11 Å². The van der Waals surface area contributed by atoms with Gasteiger partial charge >= 0.3 is 0 Å². The average molecular weight is 249 g/mol. The van der Waals surface area contributed by atoms with Crippen LogP contribution in [0.15, 0.2) is 24.3 Å². The molecule has 3 heteroatoms. The summed E-state index contributed by atoms with van der Waals surface area (Å²) >= 11 is 0. The second-order valence-corrected chi connectivity index (χ2v) is 4.35. The van der Waals surface area contributed by atoms with Gasteiger partial charge in [0.2, 0.25) is 5.91 Å². The SMILES string of the molecule is CCCCN(C(=O)CCC)c1ccc(OC)cc1. The van der Waals surface area contributed by atoms with Crippen molar-refractivity contribution in [1.82, 2.24) is 0 Å². The summed E-state index contributed by atoms with van der Waals surface area (Å²) in [6.07, 6.45) is 3.61. The Labute approximate surface area is 110 Å². The molecule has 3 nitrogen and oxygen atoms in total. The maximum Gasteiger partial charge on any atom is 0.226 e. The molecule has 0 atom stereocenters. The normalized spacial score (nSPS) is 10.2. The fourth-order valence-corrected chi connectivity index (χ4v) is 1.83. The molecule has 0 unspecified atom stereocenters. The highest BCUT2D eigenvalue weighted by molar-refractivity contribution is 5.93. The molecule has 0 saturated heterocycles. The maximum absolute atomic E-state index is 12.1. The summed E-state index contributed by atoms with van der Waals surface area (Å²) in [6, 6.07) is 7.69. The zero-order valence-electron chi connectivity index (χ0n) is 11.6. The van der Waals surface area contributed by atoms with Crippen LogP contribution in [0.2, 0.25) is 0 Å². The van der Waals surface area contributed by atoms with Gasteiger partial charge in [0.05, 0.1) is 7.11 Å². The first-order chi connectivity index (χ1) is 8.72. The fraction of sp³-hybridized carbons (Fsp3) is 0.533. The number of carbonyl (C=O) groups excluding carboxylic acids is 1. The first kappa shape index (κ1) is 14.6. The van der Waals surface area contributed by atoms with Crippen LogP contribution in [0.25, 0.3) is 0 Å². The van der Waals surface area contributed by atoms with Crippen LogP contribution in [0.5, 0.6) is 5.75 Å². The molecular formula is C15H23NO2. The van der Waals surface area contributed by atoms with Crippen molar-refractivity contribution in [3.8, 4) is 5.75 Å². The highest BCUT2D eigenvalue weighted by Gasteiger charge is 2.14. The van der Waals surface area contributed by atoms with Crippen molar-refractivity contribution >= 4 is 11.6 Å². The molecular weight excluding hydrogens is 226 g/mol. The smallest absolute Gasteiger partial charge is 0.226 e. The van der Waals surface area contributed by atoms with Gasteiger partial charge < -0.3 is 9.64 Å². The Kier molecular flexibility index (Phi) is 6.26. The minimum atomic E-state index is 0.205. The highest BCUT2D eigenvalue weighted by Crippen LogP contribution is 2.20. The molecule has 1 aromatic carbocycles. The molecule has 0 bridgehead atoms. The van der Waals surface area contributed by atoms with E-state index in [0.717, 1.165) is 37.2 Å². The fourth-order valence-electron chi connectivity index (χ4n) is 1.83. The number of rotatable bonds is 7. The lowest BCUT2D eigenvalue weighted by Crippen LogP contribution is -2.31. The number of unbranched alkanes of at least 4 members (excludes halogenated alkanes) is 1. The molecule has 0 spiro atoms. The molecule has 0 aliphatic carbocycles. The Morgan fingerprint density at radius 3 is 2.33 bits per heavy atom. The van der Waals surface area contributed by atoms with Crippen molar-refractivity contribution in [3.05, 3.63) is 24.3 Å². The zero-order chi connectivity index (χ0) is 13.4. The topological polar surface area (TPSA) is 29.5 Å². The van der Waals surface area contributed by atoms with Crippen LogP contribution in [0.1, 0.15) is 39.5 Å². The van der Waals surface area contributed by atoms with E-state index in [1.807, 2.05) is 36.1 Å². The second-order valence-electron chi connectivity index (χ2n) is 4.35. The Bertz CT molecular complexity index is 359. The summed E-state index contributed by atoms with van der Waals surface area (Å²) in [6.45, 7) is 4.96. The lowest BCUT2D eigenvalue weighted by molar-refractivity contribution is -0.118. The second kappa shape index (κ2) is 7.75. The molecule has 0 fully saturated rings. The van der Waals surface area contributed by atoms with E-state index in [0.29, 0.717) is 6.42 Å². The van der Waals surface area contributed by atoms with Gasteiger partial charge in [-0.2, -0.15) is 0 Å². The molecule has 100 valence electrons. The summed E-state index contributed by atoms with van der Waals surface area (Å²) in [5.74, 6) is 1.02. The van der Waals surface area contributed by atoms with Crippen molar-refractivity contribution < 1.29 is 9.53 Å². The van der Waals surface area contributed by atoms with Crippen LogP contribution >= 0.6 is 0 Å². The number of anilines is 1. The van der Waals surface area contributed by atoms with Gasteiger partial charge in [0.25, 0.3) is 0 Å². The van der Waals surface area contributed by atoms with Crippen LogP contribution in [0.4, 0.5) is 5.69 Å². The van der Waals surface area contributed by atoms with Crippen LogP contribution in [-0.4, -0.2) is 19.6 Å². The van der Waals surface area contributed by atoms with E-state index in [2.05, 4.69) is 6.92 Å². The van der Waals surface area contributed by atoms with Gasteiger partial charge in [-0.15, -0.1) is 0 Å². The molecule has 1 amide bonds. The van der Waals surface area contributed by atoms with Gasteiger partial charge in [-0.05, 0) is 37.1 Å². The predicted octanol–water partition coefficient (Wildman–Crippen LogP) is 3.63. The summed E-state index contributed by atoms with van der Waals surface area (Å²) in [5, 5.41) is 0. The summed E-state index contributed by atoms with van der Waals surface area (Å²) < 4.78 is 5.13. The van der Waals surface area contributed by atoms with Gasteiger partial charge in [-0.1, -0.05) is 20.3 Å². The Morgan fingerprint density at radius 1 is 1.17 bits per heavy atom. The van der Waals surface area contributed by atoms with Gasteiger partial charge in [0, 0.05) is 18.7 Å². The van der Waals surface area contributed by atoms with Crippen molar-refractivity contribution in [2.75, 3.05) is 18.6 Å². The van der Waals surface area contributed by atoms with Crippen molar-refractivity contribution in [2.24, 2.45) is 0 Å². The minimum Gasteiger partial charge on any atom is -0.497 e. The third-order valence-electron chi connectivity index (χ3n) is 2.88. The number of hydrogen-bond donors (Lipinski definition) is 0. The monoisotopic (exact) mass is 249 g/mol. The largest absolute Gasteiger partial charge is 0.497 e. The van der Waals surface area contributed by atoms with Gasteiger partial charge in [0.15, 0.2) is 0 Å². The minimum absolute atomic E-state index is 0.205. The predicted molar refractivity (Wildman–Crippen MR) is 75.2 cm³/mol. The Balaban J connectivity index is 2.82. The molecule has 18 heavy (non-hydrogen) atoms. The van der Waals surface area contributed by atoms with Crippen LogP contribution in [-0.2, 0) is 4.79 Å². The lowest BCUT2D eigenvalue weighted by Gasteiger charge is -2.22. The zero-order valence-corrected chi connectivity index (χ0v) is 11.6. The first-order valence-corrected chi connectivity index (χ1v) is 6.67. The number of hydrogen-bond acceptors (Lipinski definition) is 2. The highest BCUT2D eigenvalue weighted by atomic mass is 16.5. The van der Waals surface area contributed by atoms with Crippen molar-refractivity contribution in [3.63, 3.8) is 0 Å². The number of benzene rings is 1. The van der Waals surface area contributed by atoms with E-state index < -0.39 is 0 Å². The quantitative estimate of drug-likeness (QED) is 0.738. The maximum atomic E-state index is 12.1. The number of ether oxygens (including phenoxy) is 1. The average Bonchev–Trinajstić information content (AvgIpc) is 2.40. The summed E-state index contributed by atoms with van der Waals surface area (Å²) in [4.78, 5) is 14.0. The molecule has 0 N–H and O–H groups in total. The summed E-state index contributed by atoms with van der Waals surface area (Å²) in [7, 11) is 1.64. The Morgan fingerprint density at radius 2 is 1.83 bits per heavy atom. The third kappa shape index (κ3) is 4.06. The third-order valence-corrected chi connectivity index (χ3v) is 2.88. The van der Waals surface area contributed by atoms with Gasteiger partial charge in [0.1, 0.15) is 5.75 Å². The first-order valence-electron chi connectivity index (χ1n) is 6.67. The van der Waals surface area contributed by atoms with E-state index >= 15 is 0 Å². The van der Waals surface area contributed by atoms with Crippen LogP contribution in [0.3, 0.4) is 0 Å². The van der Waals surface area contributed by atoms with E-state index in [-0.39, 0.29) is 5.91 Å². The van der Waals surface area contributed by atoms with E-state index in [9.17, 15) is 4.79 Å². The number of carbonyl (C=O) groups is 1. The van der Waals surface area contributed by atoms with Crippen molar-refractivity contribution in [1.29, 1.82) is 0 Å². The Hall–Kier alpha value is -1.51. The molecule has 0 radical (unpaired) electrons. The van der Waals surface area contributed by atoms with Crippen LogP contribution < -0.4 is 9.64 Å². The van der Waals surface area contributed by atoms with Gasteiger partial charge in [-0.3, -0.25) is 4.79 Å². The van der Waals surface area contributed by atoms with Crippen molar-refractivity contribution in [2.45, 2.75) is 39.5 Å². The van der Waals surface area contributed by atoms with Gasteiger partial charge in [-0.25, -0.2) is 0 Å². The van der Waals surface area contributed by atoms with E-state index in [1.165, 1.54) is 0 Å². The standard InChI is InChI=1S/C15H23NO2/c1-4-6-12-16(15(17)7-5-2)13-8-10-14(18-3)11-9-13/h8-11H,4-7,12H2,1-3H3. The molecule has 0 aliphatic rings. The number of methoxy groups -OCH3 is 1. The van der Waals surface area contributed by atoms with Crippen LogP contribution in [0, 0.1) is 0 Å². The molecule has 0 aliphatic heterocycles. The van der Waals surface area contributed by atoms with E-state index in [4.69, 9.17) is 4.74 Å².